The second-order valence-electron chi connectivity index (χ2n) is 7.76. The van der Waals surface area contributed by atoms with Crippen LogP contribution >= 0.6 is 0 Å². The molecule has 2 N–H and O–H groups in total. The van der Waals surface area contributed by atoms with Gasteiger partial charge in [-0.2, -0.15) is 18.3 Å². The topological polar surface area (TPSA) is 72.5 Å². The quantitative estimate of drug-likeness (QED) is 0.819. The fourth-order valence-electron chi connectivity index (χ4n) is 4.30. The van der Waals surface area contributed by atoms with Crippen molar-refractivity contribution in [3.8, 4) is 0 Å². The number of carbonyl (C=O) groups is 1. The lowest BCUT2D eigenvalue weighted by atomic mass is 9.86. The van der Waals surface area contributed by atoms with E-state index in [1.807, 2.05) is 4.90 Å². The Hall–Kier alpha value is -2.39. The first-order chi connectivity index (χ1) is 13.8. The summed E-state index contributed by atoms with van der Waals surface area (Å²) in [5.74, 6) is -0.209. The summed E-state index contributed by atoms with van der Waals surface area (Å²) in [4.78, 5) is 15.3. The van der Waals surface area contributed by atoms with Crippen LogP contribution in [0.5, 0.6) is 0 Å². The normalized spacial score (nSPS) is 20.0. The van der Waals surface area contributed by atoms with Crippen LogP contribution in [0.2, 0.25) is 0 Å². The summed E-state index contributed by atoms with van der Waals surface area (Å²) in [6.07, 6.45) is -4.05. The van der Waals surface area contributed by atoms with Gasteiger partial charge in [0.1, 0.15) is 5.69 Å². The Bertz CT molecular complexity index is 903. The van der Waals surface area contributed by atoms with Gasteiger partial charge in [0.15, 0.2) is 6.23 Å². The number of likely N-dealkylation sites (tertiary alicyclic amines) is 1. The maximum atomic E-state index is 13.3. The molecule has 9 heteroatoms. The van der Waals surface area contributed by atoms with E-state index in [0.717, 1.165) is 17.3 Å². The monoisotopic (exact) mass is 408 g/mol. The van der Waals surface area contributed by atoms with Crippen LogP contribution in [0.4, 0.5) is 13.2 Å². The van der Waals surface area contributed by atoms with E-state index in [4.69, 9.17) is 0 Å². The van der Waals surface area contributed by atoms with Crippen molar-refractivity contribution < 1.29 is 23.1 Å². The Labute approximate surface area is 166 Å². The highest BCUT2D eigenvalue weighted by Gasteiger charge is 2.37. The van der Waals surface area contributed by atoms with E-state index >= 15 is 0 Å². The standard InChI is InChI=1S/C20H23F3N4O2/c1-26-11-14-16(10-17(26)28)24-25-18(14)19(29)27-8-6-12(7-9-27)13-4-2-3-5-15(13)20(21,22)23/h2-5,12,19,29H,6-11H2,1H3,(H,24,25). The molecule has 0 bridgehead atoms. The number of rotatable bonds is 3. The summed E-state index contributed by atoms with van der Waals surface area (Å²) >= 11 is 0. The molecule has 156 valence electrons. The fraction of sp³-hybridized carbons (Fsp3) is 0.500. The minimum absolute atomic E-state index is 0.00802. The van der Waals surface area contributed by atoms with Crippen LogP contribution in [0.1, 0.15) is 53.1 Å². The van der Waals surface area contributed by atoms with E-state index in [-0.39, 0.29) is 18.2 Å². The Morgan fingerprint density at radius 2 is 1.93 bits per heavy atom. The van der Waals surface area contributed by atoms with Crippen molar-refractivity contribution in [2.45, 2.75) is 44.1 Å². The number of alkyl halides is 3. The largest absolute Gasteiger partial charge is 0.416 e. The van der Waals surface area contributed by atoms with E-state index in [0.29, 0.717) is 43.7 Å². The number of piperidine rings is 1. The van der Waals surface area contributed by atoms with E-state index in [9.17, 15) is 23.1 Å². The van der Waals surface area contributed by atoms with Gasteiger partial charge in [0.05, 0.1) is 12.0 Å². The molecule has 6 nitrogen and oxygen atoms in total. The third kappa shape index (κ3) is 3.76. The van der Waals surface area contributed by atoms with Crippen molar-refractivity contribution in [2.24, 2.45) is 0 Å². The van der Waals surface area contributed by atoms with Crippen LogP contribution in [0.25, 0.3) is 0 Å². The minimum Gasteiger partial charge on any atom is -0.372 e. The summed E-state index contributed by atoms with van der Waals surface area (Å²) in [5, 5.41) is 17.9. The molecule has 0 radical (unpaired) electrons. The Morgan fingerprint density at radius 3 is 2.62 bits per heavy atom. The molecular formula is C20H23F3N4O2. The van der Waals surface area contributed by atoms with Gasteiger partial charge in [-0.3, -0.25) is 14.8 Å². The van der Waals surface area contributed by atoms with Crippen LogP contribution in [-0.2, 0) is 23.9 Å². The van der Waals surface area contributed by atoms with Gasteiger partial charge in [-0.15, -0.1) is 0 Å². The van der Waals surface area contributed by atoms with Gasteiger partial charge in [0, 0.05) is 37.9 Å². The second-order valence-corrected chi connectivity index (χ2v) is 7.76. The molecule has 1 saturated heterocycles. The molecule has 0 saturated carbocycles. The summed E-state index contributed by atoms with van der Waals surface area (Å²) in [5.41, 5.74) is 1.79. The summed E-state index contributed by atoms with van der Waals surface area (Å²) in [6, 6.07) is 5.73. The lowest BCUT2D eigenvalue weighted by Gasteiger charge is -2.36. The fourth-order valence-corrected chi connectivity index (χ4v) is 4.30. The zero-order chi connectivity index (χ0) is 20.8. The SMILES string of the molecule is CN1Cc2c(C(O)N3CCC(c4ccccc4C(F)(F)F)CC3)n[nH]c2CC1=O. The third-order valence-electron chi connectivity index (χ3n) is 5.96. The highest BCUT2D eigenvalue weighted by Crippen LogP contribution is 2.39. The molecule has 2 aliphatic rings. The maximum absolute atomic E-state index is 13.3. The lowest BCUT2D eigenvalue weighted by molar-refractivity contribution is -0.138. The van der Waals surface area contributed by atoms with Crippen molar-refractivity contribution in [3.63, 3.8) is 0 Å². The molecule has 4 rings (SSSR count). The molecule has 1 fully saturated rings. The number of H-pyrrole nitrogens is 1. The molecule has 29 heavy (non-hydrogen) atoms. The molecule has 1 atom stereocenters. The van der Waals surface area contributed by atoms with Crippen LogP contribution in [0.15, 0.2) is 24.3 Å². The van der Waals surface area contributed by atoms with Crippen molar-refractivity contribution in [1.82, 2.24) is 20.0 Å². The van der Waals surface area contributed by atoms with E-state index in [2.05, 4.69) is 10.2 Å². The summed E-state index contributed by atoms with van der Waals surface area (Å²) in [7, 11) is 1.71. The average Bonchev–Trinajstić information content (AvgIpc) is 3.10. The number of aromatic amines is 1. The number of nitrogens with zero attached hydrogens (tertiary/aromatic N) is 3. The summed E-state index contributed by atoms with van der Waals surface area (Å²) < 4.78 is 40.0. The number of aliphatic hydroxyl groups is 1. The lowest BCUT2D eigenvalue weighted by Crippen LogP contribution is -2.38. The molecule has 0 spiro atoms. The molecule has 2 aliphatic heterocycles. The molecule has 1 aromatic heterocycles. The van der Waals surface area contributed by atoms with Crippen LogP contribution < -0.4 is 0 Å². The van der Waals surface area contributed by atoms with Crippen molar-refractivity contribution in [1.29, 1.82) is 0 Å². The van der Waals surface area contributed by atoms with Gasteiger partial charge in [0.2, 0.25) is 5.91 Å². The van der Waals surface area contributed by atoms with E-state index in [1.165, 1.54) is 6.07 Å². The predicted octanol–water partition coefficient (Wildman–Crippen LogP) is 2.81. The smallest absolute Gasteiger partial charge is 0.372 e. The first-order valence-corrected chi connectivity index (χ1v) is 9.64. The van der Waals surface area contributed by atoms with Gasteiger partial charge >= 0.3 is 6.18 Å². The van der Waals surface area contributed by atoms with Crippen molar-refractivity contribution in [2.75, 3.05) is 20.1 Å². The third-order valence-corrected chi connectivity index (χ3v) is 5.96. The van der Waals surface area contributed by atoms with Crippen LogP contribution in [0, 0.1) is 0 Å². The number of likely N-dealkylation sites (N-methyl/N-ethyl adjacent to an activating group) is 1. The van der Waals surface area contributed by atoms with E-state index in [1.54, 1.807) is 24.1 Å². The average molecular weight is 408 g/mol. The van der Waals surface area contributed by atoms with Gasteiger partial charge in [-0.1, -0.05) is 18.2 Å². The second kappa shape index (κ2) is 7.46. The molecule has 1 aromatic carbocycles. The number of aromatic nitrogens is 2. The number of hydrogen-bond donors (Lipinski definition) is 2. The zero-order valence-corrected chi connectivity index (χ0v) is 16.0. The number of nitrogens with one attached hydrogen (secondary N) is 1. The van der Waals surface area contributed by atoms with Gasteiger partial charge in [-0.05, 0) is 30.4 Å². The van der Waals surface area contributed by atoms with Crippen LogP contribution in [0.3, 0.4) is 0 Å². The summed E-state index contributed by atoms with van der Waals surface area (Å²) in [6.45, 7) is 1.31. The number of hydrogen-bond acceptors (Lipinski definition) is 4. The van der Waals surface area contributed by atoms with Crippen molar-refractivity contribution >= 4 is 5.91 Å². The van der Waals surface area contributed by atoms with Crippen molar-refractivity contribution in [3.05, 3.63) is 52.3 Å². The maximum Gasteiger partial charge on any atom is 0.416 e. The molecule has 1 amide bonds. The van der Waals surface area contributed by atoms with Gasteiger partial charge in [-0.25, -0.2) is 0 Å². The highest BCUT2D eigenvalue weighted by atomic mass is 19.4. The Kier molecular flexibility index (Phi) is 5.12. The first-order valence-electron chi connectivity index (χ1n) is 9.64. The molecule has 1 unspecified atom stereocenters. The number of carbonyl (C=O) groups excluding carboxylic acids is 1. The minimum atomic E-state index is -4.37. The van der Waals surface area contributed by atoms with Gasteiger partial charge in [0.25, 0.3) is 0 Å². The van der Waals surface area contributed by atoms with Gasteiger partial charge < -0.3 is 10.0 Å². The van der Waals surface area contributed by atoms with Crippen LogP contribution in [-0.4, -0.2) is 51.1 Å². The number of amides is 1. The number of halogens is 3. The molecular weight excluding hydrogens is 385 g/mol. The molecule has 3 heterocycles. The van der Waals surface area contributed by atoms with E-state index < -0.39 is 18.0 Å². The predicted molar refractivity (Wildman–Crippen MR) is 98.7 cm³/mol. The molecule has 2 aromatic rings. The highest BCUT2D eigenvalue weighted by molar-refractivity contribution is 5.80. The number of benzene rings is 1. The number of fused-ring (bicyclic) bond motifs is 1. The Morgan fingerprint density at radius 1 is 1.24 bits per heavy atom. The first kappa shape index (κ1) is 19.9. The number of aliphatic hydroxyl groups excluding tert-OH is 1. The zero-order valence-electron chi connectivity index (χ0n) is 16.0. The molecule has 0 aliphatic carbocycles. The Balaban J connectivity index is 1.47.